The Morgan fingerprint density at radius 3 is 2.66 bits per heavy atom. The average molecular weight is 488 g/mol. The molecule has 0 aliphatic carbocycles. The highest BCUT2D eigenvalue weighted by Crippen LogP contribution is 2.33. The molecule has 0 saturated carbocycles. The molecule has 0 unspecified atom stereocenters. The van der Waals surface area contributed by atoms with Crippen LogP contribution in [0.25, 0.3) is 11.3 Å². The van der Waals surface area contributed by atoms with Crippen molar-refractivity contribution in [3.05, 3.63) is 58.4 Å². The maximum Gasteiger partial charge on any atom is 0.233 e. The van der Waals surface area contributed by atoms with Crippen molar-refractivity contribution >= 4 is 40.6 Å². The monoisotopic (exact) mass is 487 g/mol. The highest BCUT2D eigenvalue weighted by molar-refractivity contribution is 8.01. The second-order valence-electron chi connectivity index (χ2n) is 7.64. The van der Waals surface area contributed by atoms with E-state index >= 15 is 0 Å². The lowest BCUT2D eigenvalue weighted by Gasteiger charge is -2.34. The number of carbonyl (C=O) groups is 1. The molecular weight excluding hydrogens is 466 g/mol. The summed E-state index contributed by atoms with van der Waals surface area (Å²) in [5.41, 5.74) is 3.14. The van der Waals surface area contributed by atoms with E-state index in [1.807, 2.05) is 46.7 Å². The Morgan fingerprint density at radius 2 is 1.84 bits per heavy atom. The lowest BCUT2D eigenvalue weighted by Crippen LogP contribution is -2.48. The summed E-state index contributed by atoms with van der Waals surface area (Å²) in [4.78, 5) is 21.7. The van der Waals surface area contributed by atoms with Gasteiger partial charge in [0, 0.05) is 48.7 Å². The van der Waals surface area contributed by atoms with Crippen LogP contribution in [-0.4, -0.2) is 59.4 Å². The summed E-state index contributed by atoms with van der Waals surface area (Å²) in [6.45, 7) is 4.36. The van der Waals surface area contributed by atoms with Crippen LogP contribution in [0.2, 0.25) is 5.02 Å². The molecule has 166 valence electrons. The zero-order valence-corrected chi connectivity index (χ0v) is 19.7. The highest BCUT2D eigenvalue weighted by atomic mass is 35.5. The molecular formula is C23H22ClN3O3S2. The predicted octanol–water partition coefficient (Wildman–Crippen LogP) is 4.63. The summed E-state index contributed by atoms with van der Waals surface area (Å²) in [6, 6.07) is 13.7. The van der Waals surface area contributed by atoms with Gasteiger partial charge in [-0.05, 0) is 29.8 Å². The Hall–Kier alpha value is -2.26. The smallest absolute Gasteiger partial charge is 0.233 e. The van der Waals surface area contributed by atoms with Crippen molar-refractivity contribution < 1.29 is 14.3 Å². The molecule has 2 aliphatic rings. The van der Waals surface area contributed by atoms with Crippen LogP contribution in [-0.2, 0) is 11.3 Å². The SMILES string of the molecule is O=C(CSc1nc(-c2ccc(Cl)cc2)cs1)N1CCN(Cc2ccc3c(c2)OCO3)CC1. The number of carbonyl (C=O) groups excluding carboxylic acids is 1. The largest absolute Gasteiger partial charge is 0.454 e. The maximum atomic E-state index is 12.7. The molecule has 3 heterocycles. The summed E-state index contributed by atoms with van der Waals surface area (Å²) >= 11 is 9.03. The van der Waals surface area contributed by atoms with Gasteiger partial charge in [-0.3, -0.25) is 9.69 Å². The number of thioether (sulfide) groups is 1. The van der Waals surface area contributed by atoms with Gasteiger partial charge in [-0.25, -0.2) is 4.98 Å². The summed E-state index contributed by atoms with van der Waals surface area (Å²) in [5, 5.41) is 2.73. The van der Waals surface area contributed by atoms with Crippen LogP contribution >= 0.6 is 34.7 Å². The number of fused-ring (bicyclic) bond motifs is 1. The van der Waals surface area contributed by atoms with Gasteiger partial charge >= 0.3 is 0 Å². The lowest BCUT2D eigenvalue weighted by atomic mass is 10.1. The number of rotatable bonds is 6. The van der Waals surface area contributed by atoms with Crippen LogP contribution in [0.1, 0.15) is 5.56 Å². The molecule has 5 rings (SSSR count). The number of thiazole rings is 1. The molecule has 1 fully saturated rings. The third-order valence-electron chi connectivity index (χ3n) is 5.51. The fourth-order valence-electron chi connectivity index (χ4n) is 3.74. The standard InChI is InChI=1S/C23H22ClN3O3S2/c24-18-4-2-17(3-5-18)19-13-31-23(25-19)32-14-22(28)27-9-7-26(8-10-27)12-16-1-6-20-21(11-16)30-15-29-20/h1-6,11,13H,7-10,12,14-15H2. The van der Waals surface area contributed by atoms with Crippen molar-refractivity contribution in [2.45, 2.75) is 10.9 Å². The summed E-state index contributed by atoms with van der Waals surface area (Å²) < 4.78 is 11.7. The Bertz CT molecular complexity index is 1100. The third kappa shape index (κ3) is 5.04. The molecule has 6 nitrogen and oxygen atoms in total. The van der Waals surface area contributed by atoms with Gasteiger partial charge in [-0.1, -0.05) is 41.6 Å². The Kier molecular flexibility index (Phi) is 6.54. The number of aromatic nitrogens is 1. The number of ether oxygens (including phenoxy) is 2. The lowest BCUT2D eigenvalue weighted by molar-refractivity contribution is -0.130. The second-order valence-corrected chi connectivity index (χ2v) is 10.2. The fraction of sp³-hybridized carbons (Fsp3) is 0.304. The number of benzene rings is 2. The Labute approximate surface area is 200 Å². The first kappa shape index (κ1) is 21.6. The Morgan fingerprint density at radius 1 is 1.06 bits per heavy atom. The molecule has 0 radical (unpaired) electrons. The van der Waals surface area contributed by atoms with E-state index in [0.717, 1.165) is 59.8 Å². The van der Waals surface area contributed by atoms with E-state index in [9.17, 15) is 4.79 Å². The number of amides is 1. The number of halogens is 1. The quantitative estimate of drug-likeness (QED) is 0.472. The van der Waals surface area contributed by atoms with E-state index in [1.165, 1.54) is 17.3 Å². The van der Waals surface area contributed by atoms with Crippen LogP contribution in [0.15, 0.2) is 52.2 Å². The minimum absolute atomic E-state index is 0.168. The molecule has 2 aromatic carbocycles. The molecule has 1 saturated heterocycles. The molecule has 0 bridgehead atoms. The van der Waals surface area contributed by atoms with E-state index in [0.29, 0.717) is 17.6 Å². The van der Waals surface area contributed by atoms with Crippen molar-refractivity contribution in [1.29, 1.82) is 0 Å². The third-order valence-corrected chi connectivity index (χ3v) is 7.77. The first-order valence-electron chi connectivity index (χ1n) is 10.4. The van der Waals surface area contributed by atoms with Gasteiger partial charge in [0.2, 0.25) is 12.7 Å². The van der Waals surface area contributed by atoms with Crippen LogP contribution in [0.5, 0.6) is 11.5 Å². The van der Waals surface area contributed by atoms with Crippen LogP contribution in [0, 0.1) is 0 Å². The van der Waals surface area contributed by atoms with Crippen molar-refractivity contribution in [2.75, 3.05) is 38.7 Å². The second kappa shape index (κ2) is 9.70. The van der Waals surface area contributed by atoms with E-state index in [-0.39, 0.29) is 5.91 Å². The van der Waals surface area contributed by atoms with Crippen molar-refractivity contribution in [1.82, 2.24) is 14.8 Å². The first-order valence-corrected chi connectivity index (χ1v) is 12.6. The van der Waals surface area contributed by atoms with Gasteiger partial charge in [0.25, 0.3) is 0 Å². The van der Waals surface area contributed by atoms with E-state index in [1.54, 1.807) is 11.3 Å². The summed E-state index contributed by atoms with van der Waals surface area (Å²) in [7, 11) is 0. The molecule has 32 heavy (non-hydrogen) atoms. The fourth-order valence-corrected chi connectivity index (χ4v) is 5.61. The molecule has 0 atom stereocenters. The number of hydrogen-bond donors (Lipinski definition) is 0. The Balaban J connectivity index is 1.08. The average Bonchev–Trinajstić information content (AvgIpc) is 3.48. The maximum absolute atomic E-state index is 12.7. The minimum atomic E-state index is 0.168. The van der Waals surface area contributed by atoms with E-state index in [4.69, 9.17) is 21.1 Å². The van der Waals surface area contributed by atoms with E-state index in [2.05, 4.69) is 16.0 Å². The van der Waals surface area contributed by atoms with Crippen LogP contribution < -0.4 is 9.47 Å². The van der Waals surface area contributed by atoms with Gasteiger partial charge in [0.05, 0.1) is 11.4 Å². The summed E-state index contributed by atoms with van der Waals surface area (Å²) in [6.07, 6.45) is 0. The van der Waals surface area contributed by atoms with Gasteiger partial charge < -0.3 is 14.4 Å². The molecule has 2 aliphatic heterocycles. The molecule has 3 aromatic rings. The highest BCUT2D eigenvalue weighted by Gasteiger charge is 2.22. The normalized spacial score (nSPS) is 15.8. The summed E-state index contributed by atoms with van der Waals surface area (Å²) in [5.74, 6) is 2.20. The van der Waals surface area contributed by atoms with E-state index < -0.39 is 0 Å². The van der Waals surface area contributed by atoms with Crippen molar-refractivity contribution in [2.24, 2.45) is 0 Å². The topological polar surface area (TPSA) is 54.9 Å². The number of nitrogens with zero attached hydrogens (tertiary/aromatic N) is 3. The molecule has 0 N–H and O–H groups in total. The van der Waals surface area contributed by atoms with Crippen molar-refractivity contribution in [3.63, 3.8) is 0 Å². The molecule has 9 heteroatoms. The van der Waals surface area contributed by atoms with Gasteiger partial charge in [-0.15, -0.1) is 11.3 Å². The number of piperazine rings is 1. The van der Waals surface area contributed by atoms with Crippen molar-refractivity contribution in [3.8, 4) is 22.8 Å². The molecule has 0 spiro atoms. The molecule has 1 amide bonds. The zero-order valence-electron chi connectivity index (χ0n) is 17.3. The van der Waals surface area contributed by atoms with Crippen LogP contribution in [0.4, 0.5) is 0 Å². The first-order chi connectivity index (χ1) is 15.6. The minimum Gasteiger partial charge on any atom is -0.454 e. The predicted molar refractivity (Wildman–Crippen MR) is 128 cm³/mol. The van der Waals surface area contributed by atoms with Crippen LogP contribution in [0.3, 0.4) is 0 Å². The van der Waals surface area contributed by atoms with Gasteiger partial charge in [-0.2, -0.15) is 0 Å². The zero-order chi connectivity index (χ0) is 21.9. The van der Waals surface area contributed by atoms with Gasteiger partial charge in [0.1, 0.15) is 0 Å². The number of hydrogen-bond acceptors (Lipinski definition) is 7. The van der Waals surface area contributed by atoms with Gasteiger partial charge in [0.15, 0.2) is 15.8 Å². The molecule has 1 aromatic heterocycles.